The number of rotatable bonds is 3. The van der Waals surface area contributed by atoms with Gasteiger partial charge in [-0.05, 0) is 40.4 Å². The van der Waals surface area contributed by atoms with Gasteiger partial charge in [-0.3, -0.25) is 0 Å². The molecule has 0 amide bonds. The zero-order valence-corrected chi connectivity index (χ0v) is 12.0. The van der Waals surface area contributed by atoms with E-state index in [2.05, 4.69) is 15.9 Å². The van der Waals surface area contributed by atoms with Crippen LogP contribution in [0.5, 0.6) is 0 Å². The van der Waals surface area contributed by atoms with E-state index in [-0.39, 0.29) is 11.9 Å². The van der Waals surface area contributed by atoms with Crippen LogP contribution in [-0.4, -0.2) is 26.3 Å². The van der Waals surface area contributed by atoms with Crippen molar-refractivity contribution in [1.82, 2.24) is 0 Å². The zero-order chi connectivity index (χ0) is 13.1. The normalized spacial score (nSPS) is 20.2. The maximum Gasteiger partial charge on any atom is 0.160 e. The van der Waals surface area contributed by atoms with E-state index in [1.54, 1.807) is 13.2 Å². The van der Waals surface area contributed by atoms with Gasteiger partial charge in [0.05, 0.1) is 16.3 Å². The molecule has 0 radical (unpaired) electrons. The van der Waals surface area contributed by atoms with Crippen molar-refractivity contribution in [3.05, 3.63) is 28.0 Å². The first-order chi connectivity index (χ1) is 8.67. The third kappa shape index (κ3) is 2.68. The number of ether oxygens (including phenoxy) is 1. The molecule has 18 heavy (non-hydrogen) atoms. The number of methoxy groups -OCH3 is 1. The van der Waals surface area contributed by atoms with E-state index in [0.29, 0.717) is 16.7 Å². The average Bonchev–Trinajstić information content (AvgIpc) is 2.42. The molecule has 1 fully saturated rings. The third-order valence-corrected chi connectivity index (χ3v) is 4.27. The fourth-order valence-electron chi connectivity index (χ4n) is 2.33. The highest BCUT2D eigenvalue weighted by molar-refractivity contribution is 9.10. The summed E-state index contributed by atoms with van der Waals surface area (Å²) in [6.45, 7) is 1.94. The molecule has 1 aliphatic rings. The van der Waals surface area contributed by atoms with Gasteiger partial charge in [0, 0.05) is 26.7 Å². The number of halogens is 2. The first-order valence-electron chi connectivity index (χ1n) is 6.12. The number of nitrogens with zero attached hydrogens (tertiary/aromatic N) is 1. The van der Waals surface area contributed by atoms with Crippen LogP contribution in [0.2, 0.25) is 0 Å². The Kier molecular flexibility index (Phi) is 4.59. The standard InChI is InChI=1S/C13H18BrFN2O/c1-18-10-3-2-6-17(8-10)11-5-4-9(7-16)12(14)13(11)15/h4-5,10H,2-3,6-8,16H2,1H3. The summed E-state index contributed by atoms with van der Waals surface area (Å²) in [6.07, 6.45) is 2.25. The quantitative estimate of drug-likeness (QED) is 0.931. The van der Waals surface area contributed by atoms with E-state index in [4.69, 9.17) is 10.5 Å². The van der Waals surface area contributed by atoms with Crippen LogP contribution in [0.1, 0.15) is 18.4 Å². The van der Waals surface area contributed by atoms with Crippen molar-refractivity contribution in [2.45, 2.75) is 25.5 Å². The third-order valence-electron chi connectivity index (χ3n) is 3.41. The van der Waals surface area contributed by atoms with E-state index in [1.807, 2.05) is 11.0 Å². The first kappa shape index (κ1) is 13.8. The molecular weight excluding hydrogens is 299 g/mol. The van der Waals surface area contributed by atoms with E-state index < -0.39 is 0 Å². The van der Waals surface area contributed by atoms with Crippen LogP contribution in [0.15, 0.2) is 16.6 Å². The Hall–Kier alpha value is -0.650. The molecule has 3 nitrogen and oxygen atoms in total. The molecule has 1 heterocycles. The van der Waals surface area contributed by atoms with Crippen LogP contribution in [-0.2, 0) is 11.3 Å². The minimum absolute atomic E-state index is 0.186. The number of hydrogen-bond donors (Lipinski definition) is 1. The van der Waals surface area contributed by atoms with Crippen molar-refractivity contribution < 1.29 is 9.13 Å². The zero-order valence-electron chi connectivity index (χ0n) is 10.5. The molecule has 0 aromatic heterocycles. The topological polar surface area (TPSA) is 38.5 Å². The van der Waals surface area contributed by atoms with E-state index in [9.17, 15) is 4.39 Å². The van der Waals surface area contributed by atoms with Gasteiger partial charge < -0.3 is 15.4 Å². The summed E-state index contributed by atoms with van der Waals surface area (Å²) in [5.74, 6) is -0.227. The fraction of sp³-hybridized carbons (Fsp3) is 0.538. The molecule has 100 valence electrons. The summed E-state index contributed by atoms with van der Waals surface area (Å²) in [5, 5.41) is 0. The lowest BCUT2D eigenvalue weighted by Gasteiger charge is -2.34. The first-order valence-corrected chi connectivity index (χ1v) is 6.91. The maximum atomic E-state index is 14.3. The Morgan fingerprint density at radius 3 is 3.00 bits per heavy atom. The van der Waals surface area contributed by atoms with Gasteiger partial charge in [-0.25, -0.2) is 4.39 Å². The summed E-state index contributed by atoms with van der Waals surface area (Å²) < 4.78 is 20.1. The number of benzene rings is 1. The lowest BCUT2D eigenvalue weighted by atomic mass is 10.1. The Morgan fingerprint density at radius 2 is 2.33 bits per heavy atom. The highest BCUT2D eigenvalue weighted by Gasteiger charge is 2.23. The van der Waals surface area contributed by atoms with Gasteiger partial charge >= 0.3 is 0 Å². The Bertz CT molecular complexity index is 428. The maximum absolute atomic E-state index is 14.3. The highest BCUT2D eigenvalue weighted by Crippen LogP contribution is 2.31. The number of piperidine rings is 1. The second-order valence-electron chi connectivity index (χ2n) is 4.52. The summed E-state index contributed by atoms with van der Waals surface area (Å²) >= 11 is 3.28. The lowest BCUT2D eigenvalue weighted by Crippen LogP contribution is -2.39. The molecule has 1 aromatic carbocycles. The molecule has 1 aromatic rings. The van der Waals surface area contributed by atoms with Crippen molar-refractivity contribution in [3.8, 4) is 0 Å². The minimum atomic E-state index is -0.227. The average molecular weight is 317 g/mol. The summed E-state index contributed by atoms with van der Waals surface area (Å²) in [4.78, 5) is 2.04. The number of nitrogens with two attached hydrogens (primary N) is 1. The molecule has 2 N–H and O–H groups in total. The Morgan fingerprint density at radius 1 is 1.56 bits per heavy atom. The molecule has 1 aliphatic heterocycles. The monoisotopic (exact) mass is 316 g/mol. The molecule has 0 bridgehead atoms. The predicted molar refractivity (Wildman–Crippen MR) is 74.2 cm³/mol. The largest absolute Gasteiger partial charge is 0.380 e. The molecule has 2 rings (SSSR count). The number of anilines is 1. The van der Waals surface area contributed by atoms with Crippen molar-refractivity contribution >= 4 is 21.6 Å². The highest BCUT2D eigenvalue weighted by atomic mass is 79.9. The molecule has 1 unspecified atom stereocenters. The fourth-order valence-corrected chi connectivity index (χ4v) is 2.83. The van der Waals surface area contributed by atoms with Crippen molar-refractivity contribution in [3.63, 3.8) is 0 Å². The Labute approximate surface area is 115 Å². The summed E-state index contributed by atoms with van der Waals surface area (Å²) in [5.41, 5.74) is 6.98. The summed E-state index contributed by atoms with van der Waals surface area (Å²) in [6, 6.07) is 3.68. The molecule has 0 spiro atoms. The second kappa shape index (κ2) is 5.99. The summed E-state index contributed by atoms with van der Waals surface area (Å²) in [7, 11) is 1.71. The molecule has 0 saturated carbocycles. The van der Waals surface area contributed by atoms with Crippen LogP contribution in [0.25, 0.3) is 0 Å². The molecule has 1 saturated heterocycles. The SMILES string of the molecule is COC1CCCN(c2ccc(CN)c(Br)c2F)C1. The van der Waals surface area contributed by atoms with Crippen LogP contribution in [0, 0.1) is 5.82 Å². The van der Waals surface area contributed by atoms with E-state index in [0.717, 1.165) is 31.5 Å². The van der Waals surface area contributed by atoms with Crippen molar-refractivity contribution in [1.29, 1.82) is 0 Å². The van der Waals surface area contributed by atoms with Crippen LogP contribution in [0.4, 0.5) is 10.1 Å². The lowest BCUT2D eigenvalue weighted by molar-refractivity contribution is 0.0891. The molecule has 0 aliphatic carbocycles. The van der Waals surface area contributed by atoms with E-state index in [1.165, 1.54) is 0 Å². The van der Waals surface area contributed by atoms with Gasteiger partial charge in [0.25, 0.3) is 0 Å². The smallest absolute Gasteiger partial charge is 0.160 e. The van der Waals surface area contributed by atoms with Gasteiger partial charge in [0.15, 0.2) is 5.82 Å². The second-order valence-corrected chi connectivity index (χ2v) is 5.31. The van der Waals surface area contributed by atoms with Gasteiger partial charge in [0.1, 0.15) is 0 Å². The molecule has 1 atom stereocenters. The van der Waals surface area contributed by atoms with Crippen LogP contribution < -0.4 is 10.6 Å². The van der Waals surface area contributed by atoms with E-state index >= 15 is 0 Å². The van der Waals surface area contributed by atoms with Gasteiger partial charge in [-0.2, -0.15) is 0 Å². The molecular formula is C13H18BrFN2O. The van der Waals surface area contributed by atoms with Crippen LogP contribution >= 0.6 is 15.9 Å². The predicted octanol–water partition coefficient (Wildman–Crippen LogP) is 2.66. The van der Waals surface area contributed by atoms with Gasteiger partial charge in [-0.1, -0.05) is 6.07 Å². The van der Waals surface area contributed by atoms with Crippen molar-refractivity contribution in [2.24, 2.45) is 5.73 Å². The molecule has 5 heteroatoms. The Balaban J connectivity index is 2.25. The van der Waals surface area contributed by atoms with Gasteiger partial charge in [-0.15, -0.1) is 0 Å². The van der Waals surface area contributed by atoms with Gasteiger partial charge in [0.2, 0.25) is 0 Å². The minimum Gasteiger partial charge on any atom is -0.380 e. The van der Waals surface area contributed by atoms with Crippen LogP contribution in [0.3, 0.4) is 0 Å². The van der Waals surface area contributed by atoms with Crippen molar-refractivity contribution in [2.75, 3.05) is 25.1 Å². The number of hydrogen-bond acceptors (Lipinski definition) is 3.